The average molecular weight is 373 g/mol. The lowest BCUT2D eigenvalue weighted by molar-refractivity contribution is 0.152. The standard InChI is InChI=1S/C23H23N3O2/c1-27-15-17-10-9-16(28-17)14-26-13-11-19-18-6-2-3-7-20(18)25-22(19)23(26)21-8-4-5-12-24-21/h2-10,12,23,25H,11,13-15H2,1H3. The molecule has 5 heteroatoms. The second-order valence-corrected chi connectivity index (χ2v) is 7.24. The molecule has 0 bridgehead atoms. The van der Waals surface area contributed by atoms with Gasteiger partial charge in [-0.25, -0.2) is 0 Å². The lowest BCUT2D eigenvalue weighted by Gasteiger charge is -2.34. The molecule has 0 saturated carbocycles. The van der Waals surface area contributed by atoms with Crippen LogP contribution in [0.2, 0.25) is 0 Å². The fourth-order valence-corrected chi connectivity index (χ4v) is 4.26. The summed E-state index contributed by atoms with van der Waals surface area (Å²) < 4.78 is 11.1. The van der Waals surface area contributed by atoms with E-state index in [-0.39, 0.29) is 6.04 Å². The number of rotatable bonds is 5. The summed E-state index contributed by atoms with van der Waals surface area (Å²) in [4.78, 5) is 10.8. The lowest BCUT2D eigenvalue weighted by atomic mass is 9.95. The molecule has 1 unspecified atom stereocenters. The fourth-order valence-electron chi connectivity index (χ4n) is 4.26. The van der Waals surface area contributed by atoms with Crippen molar-refractivity contribution in [1.29, 1.82) is 0 Å². The molecule has 0 amide bonds. The van der Waals surface area contributed by atoms with Gasteiger partial charge in [-0.15, -0.1) is 0 Å². The molecule has 1 atom stereocenters. The van der Waals surface area contributed by atoms with Gasteiger partial charge in [-0.05, 0) is 42.3 Å². The van der Waals surface area contributed by atoms with Gasteiger partial charge in [-0.2, -0.15) is 0 Å². The van der Waals surface area contributed by atoms with Crippen molar-refractivity contribution >= 4 is 10.9 Å². The summed E-state index contributed by atoms with van der Waals surface area (Å²) in [5, 5.41) is 1.32. The number of methoxy groups -OCH3 is 1. The molecule has 0 aliphatic carbocycles. The Hall–Kier alpha value is -2.89. The zero-order chi connectivity index (χ0) is 18.9. The minimum Gasteiger partial charge on any atom is -0.462 e. The highest BCUT2D eigenvalue weighted by molar-refractivity contribution is 5.85. The molecule has 4 aromatic rings. The van der Waals surface area contributed by atoms with Gasteiger partial charge in [-0.3, -0.25) is 9.88 Å². The first-order chi connectivity index (χ1) is 13.8. The van der Waals surface area contributed by atoms with Crippen molar-refractivity contribution in [1.82, 2.24) is 14.9 Å². The van der Waals surface area contributed by atoms with E-state index in [0.717, 1.165) is 36.7 Å². The molecule has 4 heterocycles. The van der Waals surface area contributed by atoms with Crippen LogP contribution in [0.5, 0.6) is 0 Å². The van der Waals surface area contributed by atoms with E-state index in [2.05, 4.69) is 51.3 Å². The van der Waals surface area contributed by atoms with Gasteiger partial charge in [0.25, 0.3) is 0 Å². The first-order valence-corrected chi connectivity index (χ1v) is 9.64. The molecule has 1 aromatic carbocycles. The molecule has 0 saturated heterocycles. The summed E-state index contributed by atoms with van der Waals surface area (Å²) in [5.41, 5.74) is 4.89. The predicted octanol–water partition coefficient (Wildman–Crippen LogP) is 4.45. The third-order valence-electron chi connectivity index (χ3n) is 5.46. The van der Waals surface area contributed by atoms with Crippen molar-refractivity contribution in [2.24, 2.45) is 0 Å². The monoisotopic (exact) mass is 373 g/mol. The van der Waals surface area contributed by atoms with Crippen LogP contribution in [0.25, 0.3) is 10.9 Å². The van der Waals surface area contributed by atoms with Crippen molar-refractivity contribution in [3.8, 4) is 0 Å². The molecule has 1 aliphatic rings. The van der Waals surface area contributed by atoms with Gasteiger partial charge < -0.3 is 14.1 Å². The van der Waals surface area contributed by atoms with E-state index in [1.807, 2.05) is 24.4 Å². The molecule has 5 nitrogen and oxygen atoms in total. The summed E-state index contributed by atoms with van der Waals surface area (Å²) >= 11 is 0. The van der Waals surface area contributed by atoms with Crippen LogP contribution >= 0.6 is 0 Å². The number of furan rings is 1. The lowest BCUT2D eigenvalue weighted by Crippen LogP contribution is -2.36. The third-order valence-corrected chi connectivity index (χ3v) is 5.46. The Bertz CT molecular complexity index is 1080. The van der Waals surface area contributed by atoms with E-state index in [0.29, 0.717) is 6.61 Å². The zero-order valence-corrected chi connectivity index (χ0v) is 15.9. The summed E-state index contributed by atoms with van der Waals surface area (Å²) in [6, 6.07) is 18.8. The van der Waals surface area contributed by atoms with Gasteiger partial charge in [-0.1, -0.05) is 24.3 Å². The van der Waals surface area contributed by atoms with Gasteiger partial charge in [0.1, 0.15) is 18.1 Å². The second-order valence-electron chi connectivity index (χ2n) is 7.24. The van der Waals surface area contributed by atoms with Gasteiger partial charge >= 0.3 is 0 Å². The zero-order valence-electron chi connectivity index (χ0n) is 15.9. The van der Waals surface area contributed by atoms with Crippen molar-refractivity contribution in [2.45, 2.75) is 25.6 Å². The van der Waals surface area contributed by atoms with E-state index in [4.69, 9.17) is 9.15 Å². The Morgan fingerprint density at radius 3 is 2.82 bits per heavy atom. The van der Waals surface area contributed by atoms with Crippen LogP contribution in [0.1, 0.15) is 34.5 Å². The number of nitrogens with zero attached hydrogens (tertiary/aromatic N) is 2. The van der Waals surface area contributed by atoms with Crippen LogP contribution in [-0.4, -0.2) is 28.5 Å². The molecule has 3 aromatic heterocycles. The average Bonchev–Trinajstić information content (AvgIpc) is 3.33. The first kappa shape index (κ1) is 17.2. The fraction of sp³-hybridized carbons (Fsp3) is 0.261. The number of aromatic nitrogens is 2. The number of nitrogens with one attached hydrogen (secondary N) is 1. The van der Waals surface area contributed by atoms with Gasteiger partial charge in [0.15, 0.2) is 0 Å². The summed E-state index contributed by atoms with van der Waals surface area (Å²) in [5.74, 6) is 1.81. The number of hydrogen-bond donors (Lipinski definition) is 1. The van der Waals surface area contributed by atoms with E-state index in [9.17, 15) is 0 Å². The Morgan fingerprint density at radius 2 is 1.96 bits per heavy atom. The number of benzene rings is 1. The normalized spacial score (nSPS) is 17.1. The van der Waals surface area contributed by atoms with E-state index in [1.165, 1.54) is 22.2 Å². The Kier molecular flexibility index (Phi) is 4.47. The second kappa shape index (κ2) is 7.26. The first-order valence-electron chi connectivity index (χ1n) is 9.64. The van der Waals surface area contributed by atoms with Crippen molar-refractivity contribution in [2.75, 3.05) is 13.7 Å². The number of ether oxygens (including phenoxy) is 1. The van der Waals surface area contributed by atoms with E-state index < -0.39 is 0 Å². The number of para-hydroxylation sites is 1. The molecule has 5 rings (SSSR count). The summed E-state index contributed by atoms with van der Waals surface area (Å²) in [7, 11) is 1.68. The van der Waals surface area contributed by atoms with Crippen LogP contribution in [0.4, 0.5) is 0 Å². The van der Waals surface area contributed by atoms with Crippen molar-refractivity contribution in [3.63, 3.8) is 0 Å². The Balaban J connectivity index is 1.55. The molecule has 0 spiro atoms. The maximum Gasteiger partial charge on any atom is 0.129 e. The quantitative estimate of drug-likeness (QED) is 0.562. The molecule has 28 heavy (non-hydrogen) atoms. The molecule has 1 N–H and O–H groups in total. The Morgan fingerprint density at radius 1 is 1.11 bits per heavy atom. The third kappa shape index (κ3) is 3.03. The molecule has 0 radical (unpaired) electrons. The van der Waals surface area contributed by atoms with Gasteiger partial charge in [0, 0.05) is 36.4 Å². The van der Waals surface area contributed by atoms with E-state index >= 15 is 0 Å². The number of H-pyrrole nitrogens is 1. The number of fused-ring (bicyclic) bond motifs is 3. The van der Waals surface area contributed by atoms with E-state index in [1.54, 1.807) is 7.11 Å². The highest BCUT2D eigenvalue weighted by Gasteiger charge is 2.32. The van der Waals surface area contributed by atoms with Crippen LogP contribution in [0.3, 0.4) is 0 Å². The minimum atomic E-state index is 0.0772. The largest absolute Gasteiger partial charge is 0.462 e. The van der Waals surface area contributed by atoms with Crippen LogP contribution in [0, 0.1) is 0 Å². The molecule has 0 fully saturated rings. The number of aromatic amines is 1. The van der Waals surface area contributed by atoms with Crippen molar-refractivity contribution < 1.29 is 9.15 Å². The van der Waals surface area contributed by atoms with Crippen LogP contribution in [-0.2, 0) is 24.3 Å². The van der Waals surface area contributed by atoms with Crippen molar-refractivity contribution in [3.05, 3.63) is 89.3 Å². The van der Waals surface area contributed by atoms with Crippen LogP contribution in [0.15, 0.2) is 65.2 Å². The molecular formula is C23H23N3O2. The molecular weight excluding hydrogens is 350 g/mol. The number of hydrogen-bond acceptors (Lipinski definition) is 4. The molecule has 1 aliphatic heterocycles. The highest BCUT2D eigenvalue weighted by atomic mass is 16.5. The van der Waals surface area contributed by atoms with Crippen LogP contribution < -0.4 is 0 Å². The maximum absolute atomic E-state index is 5.96. The summed E-state index contributed by atoms with van der Waals surface area (Å²) in [6.45, 7) is 2.19. The number of pyridine rings is 1. The SMILES string of the molecule is COCc1ccc(CN2CCc3c([nH]c4ccccc34)C2c2ccccn2)o1. The smallest absolute Gasteiger partial charge is 0.129 e. The summed E-state index contributed by atoms with van der Waals surface area (Å²) in [6.07, 6.45) is 2.88. The van der Waals surface area contributed by atoms with Gasteiger partial charge in [0.05, 0.1) is 18.3 Å². The maximum atomic E-state index is 5.96. The van der Waals surface area contributed by atoms with Gasteiger partial charge in [0.2, 0.25) is 0 Å². The predicted molar refractivity (Wildman–Crippen MR) is 108 cm³/mol. The minimum absolute atomic E-state index is 0.0772. The topological polar surface area (TPSA) is 54.3 Å². The Labute approximate surface area is 164 Å². The molecule has 142 valence electrons. The highest BCUT2D eigenvalue weighted by Crippen LogP contribution is 2.38.